The average molecular weight is 265 g/mol. The SMILES string of the molecule is CCOC(=O)/C=N/N(C)C(=S)Nc1ccccc1. The Bertz CT molecular complexity index is 434. The van der Waals surface area contributed by atoms with E-state index in [1.54, 1.807) is 14.0 Å². The first-order valence-electron chi connectivity index (χ1n) is 5.44. The van der Waals surface area contributed by atoms with Crippen molar-refractivity contribution in [2.75, 3.05) is 19.0 Å². The molecule has 0 unspecified atom stereocenters. The van der Waals surface area contributed by atoms with Gasteiger partial charge in [0, 0.05) is 12.7 Å². The van der Waals surface area contributed by atoms with Gasteiger partial charge >= 0.3 is 5.97 Å². The second-order valence-electron chi connectivity index (χ2n) is 3.32. The standard InChI is InChI=1S/C12H15N3O2S/c1-3-17-11(16)9-13-15(2)12(18)14-10-7-5-4-6-8-10/h4-9H,3H2,1-2H3,(H,14,18)/b13-9+. The van der Waals surface area contributed by atoms with Crippen molar-refractivity contribution < 1.29 is 9.53 Å². The Kier molecular flexibility index (Phi) is 5.79. The first kappa shape index (κ1) is 14.1. The number of rotatable bonds is 4. The second-order valence-corrected chi connectivity index (χ2v) is 3.70. The Labute approximate surface area is 111 Å². The Hall–Kier alpha value is -1.95. The van der Waals surface area contributed by atoms with Crippen LogP contribution in [-0.2, 0) is 9.53 Å². The van der Waals surface area contributed by atoms with Crippen LogP contribution in [0.2, 0.25) is 0 Å². The molecule has 18 heavy (non-hydrogen) atoms. The molecule has 0 atom stereocenters. The molecule has 1 N–H and O–H groups in total. The van der Waals surface area contributed by atoms with Crippen LogP contribution < -0.4 is 5.32 Å². The molecule has 1 aromatic rings. The lowest BCUT2D eigenvalue weighted by atomic mass is 10.3. The summed E-state index contributed by atoms with van der Waals surface area (Å²) in [6.45, 7) is 2.05. The molecule has 1 rings (SSSR count). The summed E-state index contributed by atoms with van der Waals surface area (Å²) >= 11 is 5.12. The molecule has 0 spiro atoms. The van der Waals surface area contributed by atoms with Gasteiger partial charge in [-0.15, -0.1) is 0 Å². The van der Waals surface area contributed by atoms with Crippen LogP contribution in [0.5, 0.6) is 0 Å². The summed E-state index contributed by atoms with van der Waals surface area (Å²) in [6, 6.07) is 9.47. The van der Waals surface area contributed by atoms with E-state index in [1.807, 2.05) is 30.3 Å². The number of para-hydroxylation sites is 1. The number of ether oxygens (including phenoxy) is 1. The van der Waals surface area contributed by atoms with Crippen LogP contribution in [0.3, 0.4) is 0 Å². The van der Waals surface area contributed by atoms with E-state index in [0.717, 1.165) is 11.9 Å². The molecule has 0 aromatic heterocycles. The van der Waals surface area contributed by atoms with Crippen LogP contribution in [0.15, 0.2) is 35.4 Å². The van der Waals surface area contributed by atoms with Gasteiger partial charge in [0.1, 0.15) is 6.21 Å². The van der Waals surface area contributed by atoms with E-state index in [0.29, 0.717) is 11.7 Å². The Morgan fingerprint density at radius 1 is 1.50 bits per heavy atom. The molecule has 96 valence electrons. The average Bonchev–Trinajstić information content (AvgIpc) is 2.37. The Balaban J connectivity index is 2.49. The lowest BCUT2D eigenvalue weighted by Gasteiger charge is -2.15. The second kappa shape index (κ2) is 7.39. The van der Waals surface area contributed by atoms with Crippen molar-refractivity contribution in [3.05, 3.63) is 30.3 Å². The molecule has 1 aromatic carbocycles. The van der Waals surface area contributed by atoms with E-state index in [-0.39, 0.29) is 0 Å². The maximum atomic E-state index is 11.1. The molecule has 0 amide bonds. The molecule has 0 saturated carbocycles. The number of hydrogen-bond donors (Lipinski definition) is 1. The van der Waals surface area contributed by atoms with E-state index in [2.05, 4.69) is 10.4 Å². The van der Waals surface area contributed by atoms with Crippen molar-refractivity contribution in [1.82, 2.24) is 5.01 Å². The third kappa shape index (κ3) is 4.92. The van der Waals surface area contributed by atoms with E-state index in [9.17, 15) is 4.79 Å². The number of carbonyl (C=O) groups is 1. The van der Waals surface area contributed by atoms with Crippen molar-refractivity contribution in [2.45, 2.75) is 6.92 Å². The number of thiocarbonyl (C=S) groups is 1. The van der Waals surface area contributed by atoms with Gasteiger partial charge in [-0.2, -0.15) is 5.10 Å². The minimum atomic E-state index is -0.494. The molecule has 6 heteroatoms. The zero-order valence-electron chi connectivity index (χ0n) is 10.3. The number of carbonyl (C=O) groups excluding carboxylic acids is 1. The number of anilines is 1. The largest absolute Gasteiger partial charge is 0.462 e. The van der Waals surface area contributed by atoms with Crippen LogP contribution in [0, 0.1) is 0 Å². The fourth-order valence-electron chi connectivity index (χ4n) is 1.09. The van der Waals surface area contributed by atoms with Gasteiger partial charge < -0.3 is 10.1 Å². The van der Waals surface area contributed by atoms with Crippen molar-refractivity contribution >= 4 is 35.2 Å². The number of esters is 1. The van der Waals surface area contributed by atoms with Crippen molar-refractivity contribution in [2.24, 2.45) is 5.10 Å². The van der Waals surface area contributed by atoms with Crippen LogP contribution in [0.1, 0.15) is 6.92 Å². The molecule has 0 aliphatic rings. The first-order chi connectivity index (χ1) is 8.63. The normalized spacial score (nSPS) is 10.1. The van der Waals surface area contributed by atoms with Gasteiger partial charge in [0.25, 0.3) is 0 Å². The number of nitrogens with one attached hydrogen (secondary N) is 1. The molecular formula is C12H15N3O2S. The molecule has 0 aliphatic carbocycles. The Morgan fingerprint density at radius 3 is 2.78 bits per heavy atom. The molecule has 0 bridgehead atoms. The fourth-order valence-corrected chi connectivity index (χ4v) is 1.26. The van der Waals surface area contributed by atoms with Crippen LogP contribution in [0.25, 0.3) is 0 Å². The molecule has 0 heterocycles. The summed E-state index contributed by atoms with van der Waals surface area (Å²) < 4.78 is 4.71. The lowest BCUT2D eigenvalue weighted by Crippen LogP contribution is -2.27. The highest BCUT2D eigenvalue weighted by Crippen LogP contribution is 2.06. The molecule has 0 saturated heterocycles. The predicted octanol–water partition coefficient (Wildman–Crippen LogP) is 1.86. The highest BCUT2D eigenvalue weighted by atomic mass is 32.1. The van der Waals surface area contributed by atoms with E-state index >= 15 is 0 Å². The molecule has 0 fully saturated rings. The molecule has 0 radical (unpaired) electrons. The van der Waals surface area contributed by atoms with E-state index in [4.69, 9.17) is 17.0 Å². The highest BCUT2D eigenvalue weighted by molar-refractivity contribution is 7.80. The zero-order chi connectivity index (χ0) is 13.4. The summed E-state index contributed by atoms with van der Waals surface area (Å²) in [5, 5.41) is 8.64. The predicted molar refractivity (Wildman–Crippen MR) is 75.6 cm³/mol. The topological polar surface area (TPSA) is 53.9 Å². The van der Waals surface area contributed by atoms with Gasteiger partial charge in [-0.1, -0.05) is 18.2 Å². The lowest BCUT2D eigenvalue weighted by molar-refractivity contribution is -0.134. The van der Waals surface area contributed by atoms with Gasteiger partial charge in [0.2, 0.25) is 0 Å². The maximum Gasteiger partial charge on any atom is 0.351 e. The van der Waals surface area contributed by atoms with E-state index in [1.165, 1.54) is 5.01 Å². The number of benzene rings is 1. The first-order valence-corrected chi connectivity index (χ1v) is 5.84. The summed E-state index contributed by atoms with van der Waals surface area (Å²) in [6.07, 6.45) is 1.09. The molecule has 5 nitrogen and oxygen atoms in total. The van der Waals surface area contributed by atoms with Gasteiger partial charge in [-0.05, 0) is 31.3 Å². The van der Waals surface area contributed by atoms with Crippen molar-refractivity contribution in [3.8, 4) is 0 Å². The summed E-state index contributed by atoms with van der Waals surface area (Å²) in [5.74, 6) is -0.494. The van der Waals surface area contributed by atoms with Crippen LogP contribution in [0.4, 0.5) is 5.69 Å². The van der Waals surface area contributed by atoms with Gasteiger partial charge in [-0.25, -0.2) is 9.80 Å². The fraction of sp³-hybridized carbons (Fsp3) is 0.250. The maximum absolute atomic E-state index is 11.1. The van der Waals surface area contributed by atoms with Crippen LogP contribution in [-0.4, -0.2) is 36.0 Å². The number of hydrazone groups is 1. The van der Waals surface area contributed by atoms with Gasteiger partial charge in [0.05, 0.1) is 6.61 Å². The quantitative estimate of drug-likeness (QED) is 0.390. The monoisotopic (exact) mass is 265 g/mol. The van der Waals surface area contributed by atoms with Crippen LogP contribution >= 0.6 is 12.2 Å². The number of hydrogen-bond acceptors (Lipinski definition) is 4. The zero-order valence-corrected chi connectivity index (χ0v) is 11.1. The van der Waals surface area contributed by atoms with Crippen molar-refractivity contribution in [3.63, 3.8) is 0 Å². The highest BCUT2D eigenvalue weighted by Gasteiger charge is 2.03. The minimum Gasteiger partial charge on any atom is -0.462 e. The van der Waals surface area contributed by atoms with Gasteiger partial charge in [-0.3, -0.25) is 0 Å². The summed E-state index contributed by atoms with van der Waals surface area (Å²) in [5.41, 5.74) is 0.862. The summed E-state index contributed by atoms with van der Waals surface area (Å²) in [4.78, 5) is 11.1. The number of nitrogens with zero attached hydrogens (tertiary/aromatic N) is 2. The van der Waals surface area contributed by atoms with Gasteiger partial charge in [0.15, 0.2) is 5.11 Å². The molecule has 0 aliphatic heterocycles. The van der Waals surface area contributed by atoms with E-state index < -0.39 is 5.97 Å². The smallest absolute Gasteiger partial charge is 0.351 e. The minimum absolute atomic E-state index is 0.321. The third-order valence-corrected chi connectivity index (χ3v) is 2.31. The third-order valence-electron chi connectivity index (χ3n) is 1.94. The Morgan fingerprint density at radius 2 is 2.17 bits per heavy atom. The van der Waals surface area contributed by atoms with Crippen molar-refractivity contribution in [1.29, 1.82) is 0 Å². The summed E-state index contributed by atoms with van der Waals surface area (Å²) in [7, 11) is 1.65. The molecular weight excluding hydrogens is 250 g/mol.